The number of anilines is 2. The Kier molecular flexibility index (Phi) is 10.3. The number of rotatable bonds is 12. The van der Waals surface area contributed by atoms with Crippen LogP contribution in [0.5, 0.6) is 11.5 Å². The van der Waals surface area contributed by atoms with E-state index in [1.807, 2.05) is 0 Å². The number of hydrogen-bond acceptors (Lipinski definition) is 11. The van der Waals surface area contributed by atoms with Gasteiger partial charge in [-0.1, -0.05) is 0 Å². The molecule has 0 unspecified atom stereocenters. The number of halogens is 2. The average molecular weight is 767 g/mol. The fourth-order valence-corrected chi connectivity index (χ4v) is 8.30. The molecule has 0 fully saturated rings. The maximum Gasteiger partial charge on any atom is 0.241 e. The van der Waals surface area contributed by atoms with Gasteiger partial charge in [0.15, 0.2) is 29.9 Å². The van der Waals surface area contributed by atoms with Crippen LogP contribution in [0.2, 0.25) is 0 Å². The number of sulfone groups is 2. The molecule has 0 atom stereocenters. The second kappa shape index (κ2) is 14.9. The smallest absolute Gasteiger partial charge is 0.241 e. The summed E-state index contributed by atoms with van der Waals surface area (Å²) in [5, 5.41) is 8.84. The van der Waals surface area contributed by atoms with Crippen molar-refractivity contribution in [2.45, 2.75) is 9.79 Å². The third-order valence-corrected chi connectivity index (χ3v) is 11.8. The number of aromatic nitrogens is 2. The second-order valence-electron chi connectivity index (χ2n) is 10.7. The zero-order valence-corrected chi connectivity index (χ0v) is 29.2. The third-order valence-electron chi connectivity index (χ3n) is 7.02. The number of nitrogens with zero attached hydrogens (tertiary/aromatic N) is 2. The largest absolute Gasteiger partial charge is 0.457 e. The van der Waals surface area contributed by atoms with Crippen molar-refractivity contribution in [2.24, 2.45) is 0 Å². The Balaban J connectivity index is 1.01. The minimum Gasteiger partial charge on any atom is -0.457 e. The molecular weight excluding hydrogens is 743 g/mol. The molecule has 0 saturated heterocycles. The maximum absolute atomic E-state index is 13.1. The summed E-state index contributed by atoms with van der Waals surface area (Å²) in [6.45, 7) is 0. The van der Waals surface area contributed by atoms with Crippen LogP contribution in [0.25, 0.3) is 22.5 Å². The molecule has 6 rings (SSSR count). The van der Waals surface area contributed by atoms with Gasteiger partial charge in [0, 0.05) is 21.9 Å². The molecule has 0 radical (unpaired) electrons. The fourth-order valence-electron chi connectivity index (χ4n) is 4.56. The zero-order valence-electron chi connectivity index (χ0n) is 25.9. The third kappa shape index (κ3) is 9.06. The molecule has 17 heteroatoms. The molecule has 0 bridgehead atoms. The highest BCUT2D eigenvalue weighted by Gasteiger charge is 2.22. The second-order valence-corrected chi connectivity index (χ2v) is 16.4. The SMILES string of the molecule is O=C(CS(=O)(=O)c1ccc(F)cc1)Nc1nc(-c2ccc(Oc3ccc(-c4csc(NC(=O)CS(=O)(=O)c5ccc(F)cc5)n4)cc3)cc2)cs1. The van der Waals surface area contributed by atoms with Gasteiger partial charge in [-0.05, 0) is 97.1 Å². The molecule has 0 aliphatic carbocycles. The molecule has 51 heavy (non-hydrogen) atoms. The van der Waals surface area contributed by atoms with Gasteiger partial charge in [0.1, 0.15) is 34.6 Å². The van der Waals surface area contributed by atoms with Crippen LogP contribution in [-0.2, 0) is 29.3 Å². The standard InChI is InChI=1S/C34H24F2N4O7S4/c35-23-5-13-27(14-6-23)50(43,44)19-31(41)39-33-37-29(17-48-33)21-1-9-25(10-2-21)47-26-11-3-22(4-12-26)30-18-49-34(38-30)40-32(42)20-51(45,46)28-15-7-24(36)8-16-28/h1-18H,19-20H2,(H,37,39,41)(H,38,40,42). The van der Waals surface area contributed by atoms with Gasteiger partial charge in [-0.3, -0.25) is 9.59 Å². The Morgan fingerprint density at radius 3 is 1.27 bits per heavy atom. The van der Waals surface area contributed by atoms with E-state index in [4.69, 9.17) is 4.74 Å². The van der Waals surface area contributed by atoms with Crippen LogP contribution in [0.15, 0.2) is 118 Å². The molecular formula is C34H24F2N4O7S4. The first-order valence-electron chi connectivity index (χ1n) is 14.7. The van der Waals surface area contributed by atoms with Crippen molar-refractivity contribution in [1.29, 1.82) is 0 Å². The minimum atomic E-state index is -3.96. The van der Waals surface area contributed by atoms with E-state index in [9.17, 15) is 35.2 Å². The monoisotopic (exact) mass is 766 g/mol. The van der Waals surface area contributed by atoms with Gasteiger partial charge >= 0.3 is 0 Å². The Morgan fingerprint density at radius 1 is 0.569 bits per heavy atom. The van der Waals surface area contributed by atoms with Gasteiger partial charge in [-0.2, -0.15) is 0 Å². The first kappa shape index (κ1) is 35.5. The predicted molar refractivity (Wildman–Crippen MR) is 189 cm³/mol. The Bertz CT molecular complexity index is 2240. The molecule has 0 aliphatic heterocycles. The van der Waals surface area contributed by atoms with Gasteiger partial charge in [0.25, 0.3) is 0 Å². The Hall–Kier alpha value is -5.36. The summed E-state index contributed by atoms with van der Waals surface area (Å²) in [6, 6.07) is 22.5. The van der Waals surface area contributed by atoms with E-state index in [-0.39, 0.29) is 20.1 Å². The lowest BCUT2D eigenvalue weighted by molar-refractivity contribution is -0.114. The van der Waals surface area contributed by atoms with Gasteiger partial charge < -0.3 is 15.4 Å². The van der Waals surface area contributed by atoms with E-state index >= 15 is 0 Å². The van der Waals surface area contributed by atoms with Gasteiger partial charge in [0.05, 0.1) is 21.2 Å². The Morgan fingerprint density at radius 2 is 0.922 bits per heavy atom. The van der Waals surface area contributed by atoms with E-state index < -0.39 is 54.6 Å². The van der Waals surface area contributed by atoms with Crippen molar-refractivity contribution in [3.05, 3.63) is 119 Å². The summed E-state index contributed by atoms with van der Waals surface area (Å²) in [6.07, 6.45) is 0. The van der Waals surface area contributed by atoms with Crippen LogP contribution in [0.3, 0.4) is 0 Å². The van der Waals surface area contributed by atoms with Crippen LogP contribution < -0.4 is 15.4 Å². The molecule has 4 aromatic carbocycles. The van der Waals surface area contributed by atoms with Crippen LogP contribution in [-0.4, -0.2) is 50.1 Å². The minimum absolute atomic E-state index is 0.160. The van der Waals surface area contributed by atoms with Crippen LogP contribution in [0.4, 0.5) is 19.0 Å². The summed E-state index contributed by atoms with van der Waals surface area (Å²) >= 11 is 2.26. The average Bonchev–Trinajstić information content (AvgIpc) is 3.75. The van der Waals surface area contributed by atoms with Crippen molar-refractivity contribution in [2.75, 3.05) is 22.1 Å². The lowest BCUT2D eigenvalue weighted by Gasteiger charge is -2.07. The molecule has 0 saturated carbocycles. The molecule has 260 valence electrons. The number of carbonyl (C=O) groups excluding carboxylic acids is 2. The van der Waals surface area contributed by atoms with Crippen molar-refractivity contribution in [3.63, 3.8) is 0 Å². The highest BCUT2D eigenvalue weighted by atomic mass is 32.2. The predicted octanol–water partition coefficient (Wildman–Crippen LogP) is 6.83. The van der Waals surface area contributed by atoms with E-state index in [0.29, 0.717) is 22.9 Å². The number of nitrogens with one attached hydrogen (secondary N) is 2. The van der Waals surface area contributed by atoms with E-state index in [2.05, 4.69) is 20.6 Å². The van der Waals surface area contributed by atoms with E-state index in [1.54, 1.807) is 59.3 Å². The molecule has 0 spiro atoms. The number of hydrogen-bond donors (Lipinski definition) is 2. The first-order valence-corrected chi connectivity index (χ1v) is 19.8. The van der Waals surface area contributed by atoms with E-state index in [1.165, 1.54) is 0 Å². The summed E-state index contributed by atoms with van der Waals surface area (Å²) in [4.78, 5) is 33.2. The van der Waals surface area contributed by atoms with Crippen molar-refractivity contribution >= 4 is 64.4 Å². The van der Waals surface area contributed by atoms with Gasteiger partial charge in [0.2, 0.25) is 11.8 Å². The summed E-state index contributed by atoms with van der Waals surface area (Å²) in [7, 11) is -7.92. The maximum atomic E-state index is 13.1. The van der Waals surface area contributed by atoms with Crippen LogP contribution >= 0.6 is 22.7 Å². The number of benzene rings is 4. The van der Waals surface area contributed by atoms with Crippen LogP contribution in [0, 0.1) is 11.6 Å². The number of ether oxygens (including phenoxy) is 1. The molecule has 6 aromatic rings. The van der Waals surface area contributed by atoms with Crippen molar-refractivity contribution < 1.29 is 39.9 Å². The lowest BCUT2D eigenvalue weighted by Crippen LogP contribution is -2.23. The fraction of sp³-hybridized carbons (Fsp3) is 0.0588. The van der Waals surface area contributed by atoms with Gasteiger partial charge in [-0.25, -0.2) is 35.6 Å². The Labute approximate surface area is 298 Å². The molecule has 0 aliphatic rings. The number of amides is 2. The van der Waals surface area contributed by atoms with E-state index in [0.717, 1.165) is 82.3 Å². The summed E-state index contributed by atoms with van der Waals surface area (Å²) in [5.74, 6) is -3.28. The van der Waals surface area contributed by atoms with Gasteiger partial charge in [-0.15, -0.1) is 22.7 Å². The highest BCUT2D eigenvalue weighted by Crippen LogP contribution is 2.31. The molecule has 2 N–H and O–H groups in total. The topological polar surface area (TPSA) is 161 Å². The first-order chi connectivity index (χ1) is 24.3. The molecule has 2 amide bonds. The zero-order chi connectivity index (χ0) is 36.2. The highest BCUT2D eigenvalue weighted by molar-refractivity contribution is 7.92. The normalized spacial score (nSPS) is 11.6. The molecule has 2 heterocycles. The lowest BCUT2D eigenvalue weighted by atomic mass is 10.1. The van der Waals surface area contributed by atoms with Crippen molar-refractivity contribution in [1.82, 2.24) is 9.97 Å². The van der Waals surface area contributed by atoms with Crippen LogP contribution in [0.1, 0.15) is 0 Å². The summed E-state index contributed by atoms with van der Waals surface area (Å²) in [5.41, 5.74) is 2.57. The van der Waals surface area contributed by atoms with Crippen molar-refractivity contribution in [3.8, 4) is 34.0 Å². The molecule has 2 aromatic heterocycles. The molecule has 11 nitrogen and oxygen atoms in total. The summed E-state index contributed by atoms with van der Waals surface area (Å²) < 4.78 is 82.1. The number of carbonyl (C=O) groups is 2. The number of thiazole rings is 2. The quantitative estimate of drug-likeness (QED) is 0.127.